The maximum Gasteiger partial charge on any atom is 0.176 e. The molecule has 3 rings (SSSR count). The monoisotopic (exact) mass is 358 g/mol. The Labute approximate surface area is 139 Å². The minimum atomic E-state index is 0.195. The molecule has 0 bridgehead atoms. The van der Waals surface area contributed by atoms with Crippen molar-refractivity contribution >= 4 is 27.4 Å². The Kier molecular flexibility index (Phi) is 4.90. The highest BCUT2D eigenvalue weighted by Gasteiger charge is 2.19. The number of halogens is 1. The molecule has 1 saturated heterocycles. The summed E-state index contributed by atoms with van der Waals surface area (Å²) in [6.07, 6.45) is 0. The summed E-state index contributed by atoms with van der Waals surface area (Å²) in [5.74, 6) is 0.195. The maximum absolute atomic E-state index is 12.3. The van der Waals surface area contributed by atoms with Crippen LogP contribution in [0.3, 0.4) is 0 Å². The Morgan fingerprint density at radius 2 is 1.55 bits per heavy atom. The Hall–Kier alpha value is -1.65. The van der Waals surface area contributed by atoms with Gasteiger partial charge in [0, 0.05) is 41.9 Å². The summed E-state index contributed by atoms with van der Waals surface area (Å²) in [5, 5.41) is 0. The van der Waals surface area contributed by atoms with E-state index in [4.69, 9.17) is 0 Å². The van der Waals surface area contributed by atoms with Crippen molar-refractivity contribution in [1.29, 1.82) is 0 Å². The third-order valence-electron chi connectivity index (χ3n) is 4.03. The van der Waals surface area contributed by atoms with Crippen LogP contribution in [0.2, 0.25) is 0 Å². The van der Waals surface area contributed by atoms with Crippen molar-refractivity contribution in [3.05, 3.63) is 64.6 Å². The molecule has 4 heteroatoms. The fourth-order valence-corrected chi connectivity index (χ4v) is 3.00. The molecule has 114 valence electrons. The van der Waals surface area contributed by atoms with Crippen LogP contribution in [0.15, 0.2) is 59.1 Å². The fourth-order valence-electron chi connectivity index (χ4n) is 2.73. The molecule has 0 spiro atoms. The van der Waals surface area contributed by atoms with Gasteiger partial charge in [0.05, 0.1) is 6.54 Å². The summed E-state index contributed by atoms with van der Waals surface area (Å²) >= 11 is 3.39. The predicted octanol–water partition coefficient (Wildman–Crippen LogP) is 3.45. The average molecular weight is 359 g/mol. The van der Waals surface area contributed by atoms with Crippen molar-refractivity contribution in [3.63, 3.8) is 0 Å². The summed E-state index contributed by atoms with van der Waals surface area (Å²) in [6, 6.07) is 18.1. The first-order valence-electron chi connectivity index (χ1n) is 7.53. The van der Waals surface area contributed by atoms with Crippen LogP contribution in [-0.2, 0) is 0 Å². The van der Waals surface area contributed by atoms with E-state index in [-0.39, 0.29) is 5.78 Å². The van der Waals surface area contributed by atoms with E-state index in [2.05, 4.69) is 50.0 Å². The summed E-state index contributed by atoms with van der Waals surface area (Å²) in [6.45, 7) is 4.30. The molecule has 1 heterocycles. The molecular formula is C18H19BrN2O. The first-order valence-corrected chi connectivity index (χ1v) is 8.33. The van der Waals surface area contributed by atoms with Gasteiger partial charge in [-0.3, -0.25) is 9.69 Å². The van der Waals surface area contributed by atoms with E-state index in [0.29, 0.717) is 6.54 Å². The Balaban J connectivity index is 1.53. The number of carbonyl (C=O) groups excluding carboxylic acids is 1. The molecule has 1 aliphatic rings. The molecule has 0 aromatic heterocycles. The van der Waals surface area contributed by atoms with E-state index in [1.165, 1.54) is 5.69 Å². The first-order chi connectivity index (χ1) is 10.7. The van der Waals surface area contributed by atoms with Crippen molar-refractivity contribution in [1.82, 2.24) is 4.90 Å². The van der Waals surface area contributed by atoms with Crippen molar-refractivity contribution < 1.29 is 4.79 Å². The van der Waals surface area contributed by atoms with Gasteiger partial charge in [0.1, 0.15) is 0 Å². The van der Waals surface area contributed by atoms with Gasteiger partial charge in [-0.2, -0.15) is 0 Å². The second-order valence-corrected chi connectivity index (χ2v) is 6.44. The van der Waals surface area contributed by atoms with E-state index >= 15 is 0 Å². The lowest BCUT2D eigenvalue weighted by Crippen LogP contribution is -2.48. The van der Waals surface area contributed by atoms with Crippen LogP contribution in [0, 0.1) is 0 Å². The smallest absolute Gasteiger partial charge is 0.176 e. The van der Waals surface area contributed by atoms with Crippen LogP contribution in [0.4, 0.5) is 5.69 Å². The largest absolute Gasteiger partial charge is 0.369 e. The molecule has 1 aliphatic heterocycles. The lowest BCUT2D eigenvalue weighted by atomic mass is 10.1. The molecule has 0 amide bonds. The molecule has 0 saturated carbocycles. The third kappa shape index (κ3) is 3.76. The summed E-state index contributed by atoms with van der Waals surface area (Å²) in [4.78, 5) is 16.9. The topological polar surface area (TPSA) is 23.6 Å². The highest BCUT2D eigenvalue weighted by atomic mass is 79.9. The molecule has 0 aliphatic carbocycles. The molecule has 22 heavy (non-hydrogen) atoms. The SMILES string of the molecule is O=C(CN1CCN(c2ccccc2)CC1)c1ccc(Br)cc1. The van der Waals surface area contributed by atoms with Gasteiger partial charge in [-0.25, -0.2) is 0 Å². The van der Waals surface area contributed by atoms with Crippen LogP contribution < -0.4 is 4.90 Å². The van der Waals surface area contributed by atoms with Gasteiger partial charge in [0.2, 0.25) is 0 Å². The number of nitrogens with zero attached hydrogens (tertiary/aromatic N) is 2. The standard InChI is InChI=1S/C18H19BrN2O/c19-16-8-6-15(7-9-16)18(22)14-20-10-12-21(13-11-20)17-4-2-1-3-5-17/h1-9H,10-14H2. The molecular weight excluding hydrogens is 340 g/mol. The van der Waals surface area contributed by atoms with E-state index in [1.54, 1.807) is 0 Å². The van der Waals surface area contributed by atoms with Gasteiger partial charge in [-0.15, -0.1) is 0 Å². The number of ketones is 1. The first kappa shape index (κ1) is 15.3. The molecule has 3 nitrogen and oxygen atoms in total. The zero-order valence-electron chi connectivity index (χ0n) is 12.4. The Morgan fingerprint density at radius 3 is 2.18 bits per heavy atom. The van der Waals surface area contributed by atoms with E-state index in [9.17, 15) is 4.79 Å². The number of Topliss-reactive ketones (excluding diaryl/α,β-unsaturated/α-hetero) is 1. The van der Waals surface area contributed by atoms with Crippen molar-refractivity contribution in [2.75, 3.05) is 37.6 Å². The summed E-state index contributed by atoms with van der Waals surface area (Å²) in [5.41, 5.74) is 2.05. The summed E-state index contributed by atoms with van der Waals surface area (Å²) < 4.78 is 1.00. The van der Waals surface area contributed by atoms with Crippen LogP contribution >= 0.6 is 15.9 Å². The van der Waals surface area contributed by atoms with Crippen molar-refractivity contribution in [2.45, 2.75) is 0 Å². The van der Waals surface area contributed by atoms with Crippen LogP contribution in [0.1, 0.15) is 10.4 Å². The predicted molar refractivity (Wildman–Crippen MR) is 93.6 cm³/mol. The van der Waals surface area contributed by atoms with Crippen molar-refractivity contribution in [3.8, 4) is 0 Å². The van der Waals surface area contributed by atoms with Gasteiger partial charge in [0.15, 0.2) is 5.78 Å². The molecule has 2 aromatic carbocycles. The van der Waals surface area contributed by atoms with Gasteiger partial charge >= 0.3 is 0 Å². The van der Waals surface area contributed by atoms with E-state index in [1.807, 2.05) is 30.3 Å². The number of hydrogen-bond acceptors (Lipinski definition) is 3. The quantitative estimate of drug-likeness (QED) is 0.782. The molecule has 0 unspecified atom stereocenters. The zero-order chi connectivity index (χ0) is 15.4. The van der Waals surface area contributed by atoms with Gasteiger partial charge in [0.25, 0.3) is 0 Å². The Morgan fingerprint density at radius 1 is 0.909 bits per heavy atom. The maximum atomic E-state index is 12.3. The lowest BCUT2D eigenvalue weighted by Gasteiger charge is -2.35. The Bertz CT molecular complexity index is 619. The highest BCUT2D eigenvalue weighted by molar-refractivity contribution is 9.10. The third-order valence-corrected chi connectivity index (χ3v) is 4.56. The minimum Gasteiger partial charge on any atom is -0.369 e. The van der Waals surface area contributed by atoms with Gasteiger partial charge < -0.3 is 4.90 Å². The van der Waals surface area contributed by atoms with E-state index in [0.717, 1.165) is 36.2 Å². The van der Waals surface area contributed by atoms with E-state index < -0.39 is 0 Å². The number of benzene rings is 2. The molecule has 0 radical (unpaired) electrons. The molecule has 0 atom stereocenters. The van der Waals surface area contributed by atoms with Crippen LogP contribution in [-0.4, -0.2) is 43.4 Å². The van der Waals surface area contributed by atoms with Gasteiger partial charge in [-0.1, -0.05) is 46.3 Å². The molecule has 0 N–H and O–H groups in total. The number of rotatable bonds is 4. The van der Waals surface area contributed by atoms with Crippen molar-refractivity contribution in [2.24, 2.45) is 0 Å². The lowest BCUT2D eigenvalue weighted by molar-refractivity contribution is 0.0926. The average Bonchev–Trinajstić information content (AvgIpc) is 2.57. The second-order valence-electron chi connectivity index (χ2n) is 5.53. The fraction of sp³-hybridized carbons (Fsp3) is 0.278. The number of para-hydroxylation sites is 1. The zero-order valence-corrected chi connectivity index (χ0v) is 14.0. The van der Waals surface area contributed by atoms with Crippen LogP contribution in [0.25, 0.3) is 0 Å². The number of anilines is 1. The highest BCUT2D eigenvalue weighted by Crippen LogP contribution is 2.16. The summed E-state index contributed by atoms with van der Waals surface area (Å²) in [7, 11) is 0. The number of hydrogen-bond donors (Lipinski definition) is 0. The number of piperazine rings is 1. The minimum absolute atomic E-state index is 0.195. The molecule has 2 aromatic rings. The normalized spacial score (nSPS) is 15.8. The molecule has 1 fully saturated rings. The second kappa shape index (κ2) is 7.07. The number of carbonyl (C=O) groups is 1. The van der Waals surface area contributed by atoms with Crippen LogP contribution in [0.5, 0.6) is 0 Å². The van der Waals surface area contributed by atoms with Gasteiger partial charge in [-0.05, 0) is 24.3 Å².